The Hall–Kier alpha value is -4.87. The van der Waals surface area contributed by atoms with Crippen LogP contribution in [0.1, 0.15) is 164 Å². The molecule has 2 saturated heterocycles. The third kappa shape index (κ3) is 21.8. The van der Waals surface area contributed by atoms with Crippen LogP contribution in [0.15, 0.2) is 0 Å². The largest absolute Gasteiger partial charge is 0.481 e. The lowest BCUT2D eigenvalue weighted by molar-refractivity contribution is -0.145. The van der Waals surface area contributed by atoms with Gasteiger partial charge in [-0.3, -0.25) is 52.7 Å². The highest BCUT2D eigenvalue weighted by atomic mass is 16.4. The molecule has 0 radical (unpaired) electrons. The van der Waals surface area contributed by atoms with Crippen molar-refractivity contribution < 1.29 is 57.8 Å². The first-order valence-electron chi connectivity index (χ1n) is 24.6. The number of aliphatic carboxylic acids is 1. The normalized spacial score (nSPS) is 19.2. The Labute approximate surface area is 396 Å². The molecule has 2 aliphatic heterocycles. The number of amides is 5. The Morgan fingerprint density at radius 2 is 1.39 bits per heavy atom. The molecule has 0 aliphatic carbocycles. The molecule has 5 amide bonds. The molecule has 7 N–H and O–H groups in total. The van der Waals surface area contributed by atoms with Crippen LogP contribution in [-0.2, 0) is 52.7 Å². The lowest BCUT2D eigenvalue weighted by Gasteiger charge is -2.25. The van der Waals surface area contributed by atoms with Crippen LogP contribution < -0.4 is 27.0 Å². The van der Waals surface area contributed by atoms with Gasteiger partial charge in [-0.25, -0.2) is 0 Å². The highest BCUT2D eigenvalue weighted by molar-refractivity contribution is 5.97. The molecular weight excluding hydrogens is 865 g/mol. The van der Waals surface area contributed by atoms with Gasteiger partial charge in [0.05, 0.1) is 36.6 Å². The van der Waals surface area contributed by atoms with Crippen molar-refractivity contribution in [3.63, 3.8) is 0 Å². The Morgan fingerprint density at radius 1 is 0.731 bits per heavy atom. The maximum Gasteiger partial charge on any atom is 0.306 e. The van der Waals surface area contributed by atoms with Crippen molar-refractivity contribution in [2.45, 2.75) is 188 Å². The summed E-state index contributed by atoms with van der Waals surface area (Å²) >= 11 is 0. The SMILES string of the molecule is CCCCC[C@H](CC(=O)[C@@H]1CCCN1C(=O)CCC(=O)[C@H](C)NC(=O)[C@@H](CC(=O)CNC(=O)[C@@H](CC(=O)[C@H](CCC(N)=O)NC(=O)CCC(=O)[C@@H]1C[C@@H](C)CN1)CC(C)C)CC(C)C)C(=O)O. The van der Waals surface area contributed by atoms with Crippen LogP contribution in [-0.4, -0.2) is 118 Å². The first-order chi connectivity index (χ1) is 31.5. The van der Waals surface area contributed by atoms with Crippen LogP contribution in [0.3, 0.4) is 0 Å². The number of hydrogen-bond donors (Lipinski definition) is 6. The van der Waals surface area contributed by atoms with Gasteiger partial charge in [-0.05, 0) is 76.2 Å². The zero-order chi connectivity index (χ0) is 50.4. The van der Waals surface area contributed by atoms with Crippen molar-refractivity contribution >= 4 is 64.4 Å². The number of unbranched alkanes of at least 4 members (excludes halogenated alkanes) is 2. The molecule has 2 aliphatic rings. The summed E-state index contributed by atoms with van der Waals surface area (Å²) in [5.74, 6) is -7.81. The van der Waals surface area contributed by atoms with Gasteiger partial charge in [0.1, 0.15) is 5.78 Å². The molecule has 0 aromatic heterocycles. The molecule has 0 aromatic carbocycles. The molecule has 18 nitrogen and oxygen atoms in total. The van der Waals surface area contributed by atoms with Crippen molar-refractivity contribution in [2.24, 2.45) is 41.2 Å². The summed E-state index contributed by atoms with van der Waals surface area (Å²) in [6.45, 7) is 13.6. The fourth-order valence-corrected chi connectivity index (χ4v) is 8.94. The highest BCUT2D eigenvalue weighted by Gasteiger charge is 2.37. The summed E-state index contributed by atoms with van der Waals surface area (Å²) in [6, 6.07) is -3.19. The van der Waals surface area contributed by atoms with Crippen molar-refractivity contribution in [1.82, 2.24) is 26.2 Å². The maximum absolute atomic E-state index is 13.6. The summed E-state index contributed by atoms with van der Waals surface area (Å²) in [6.07, 6.45) is 3.54. The number of carboxylic acid groups (broad SMARTS) is 1. The Kier molecular flexibility index (Phi) is 25.9. The fourth-order valence-electron chi connectivity index (χ4n) is 8.94. The standard InChI is InChI=1S/C49H80N6O12/c1-8-9-10-12-33(49(66)67)25-43(60)39-13-11-20-55(39)46(63)19-16-40(57)32(7)53-48(65)34(21-29(2)3)24-36(56)28-52-47(64)35(22-30(4)5)26-42(59)37(14-17-44(50)61)54-45(62)18-15-41(58)38-23-31(6)27-51-38/h29-35,37-39,51H,8-28H2,1-7H3,(H2,50,61)(H,52,64)(H,53,65)(H,54,62)(H,66,67)/t31-,32+,33-,34-,35-,37+,38+,39+/m1/s1. The average molecular weight is 945 g/mol. The maximum atomic E-state index is 13.6. The summed E-state index contributed by atoms with van der Waals surface area (Å²) < 4.78 is 0. The summed E-state index contributed by atoms with van der Waals surface area (Å²) in [4.78, 5) is 144. The minimum atomic E-state index is -1.13. The van der Waals surface area contributed by atoms with E-state index in [1.165, 1.54) is 11.8 Å². The Balaban J connectivity index is 1.98. The highest BCUT2D eigenvalue weighted by Crippen LogP contribution is 2.25. The third-order valence-corrected chi connectivity index (χ3v) is 12.7. The van der Waals surface area contributed by atoms with Gasteiger partial charge in [0.2, 0.25) is 29.5 Å². The van der Waals surface area contributed by atoms with Crippen molar-refractivity contribution in [3.05, 3.63) is 0 Å². The van der Waals surface area contributed by atoms with Crippen LogP contribution in [0.5, 0.6) is 0 Å². The van der Waals surface area contributed by atoms with Crippen LogP contribution in [0.25, 0.3) is 0 Å². The number of carboxylic acids is 1. The molecule has 2 heterocycles. The van der Waals surface area contributed by atoms with E-state index in [9.17, 15) is 57.8 Å². The molecule has 378 valence electrons. The van der Waals surface area contributed by atoms with Gasteiger partial charge in [0, 0.05) is 69.7 Å². The number of ketones is 5. The first kappa shape index (κ1) is 58.3. The van der Waals surface area contributed by atoms with Crippen LogP contribution in [0.2, 0.25) is 0 Å². The predicted octanol–water partition coefficient (Wildman–Crippen LogP) is 3.53. The molecule has 2 rings (SSSR count). The summed E-state index contributed by atoms with van der Waals surface area (Å²) in [7, 11) is 0. The average Bonchev–Trinajstić information content (AvgIpc) is 3.93. The lowest BCUT2D eigenvalue weighted by atomic mass is 9.88. The molecule has 0 unspecified atom stereocenters. The fraction of sp³-hybridized carbons (Fsp3) is 0.776. The van der Waals surface area contributed by atoms with E-state index in [4.69, 9.17) is 5.73 Å². The molecule has 67 heavy (non-hydrogen) atoms. The predicted molar refractivity (Wildman–Crippen MR) is 250 cm³/mol. The van der Waals surface area contributed by atoms with E-state index >= 15 is 0 Å². The number of carbonyl (C=O) groups is 11. The summed E-state index contributed by atoms with van der Waals surface area (Å²) in [5, 5.41) is 20.7. The van der Waals surface area contributed by atoms with E-state index in [-0.39, 0.29) is 93.7 Å². The Bertz CT molecular complexity index is 1750. The molecule has 8 atom stereocenters. The monoisotopic (exact) mass is 945 g/mol. The molecule has 0 aromatic rings. The number of likely N-dealkylation sites (tertiary alicyclic amines) is 1. The molecule has 18 heteroatoms. The zero-order valence-electron chi connectivity index (χ0n) is 41.1. The molecular formula is C49H80N6O12. The summed E-state index contributed by atoms with van der Waals surface area (Å²) in [5.41, 5.74) is 5.35. The first-order valence-corrected chi connectivity index (χ1v) is 24.6. The van der Waals surface area contributed by atoms with Gasteiger partial charge in [-0.15, -0.1) is 0 Å². The number of Topliss-reactive ketones (excluding diaryl/α,β-unsaturated/α-hetero) is 5. The number of nitrogens with one attached hydrogen (secondary N) is 4. The van der Waals surface area contributed by atoms with Gasteiger partial charge in [0.15, 0.2) is 23.1 Å². The third-order valence-electron chi connectivity index (χ3n) is 12.7. The van der Waals surface area contributed by atoms with E-state index < -0.39 is 95.3 Å². The van der Waals surface area contributed by atoms with Crippen LogP contribution in [0.4, 0.5) is 0 Å². The smallest absolute Gasteiger partial charge is 0.306 e. The second-order valence-electron chi connectivity index (χ2n) is 19.8. The van der Waals surface area contributed by atoms with E-state index in [1.807, 2.05) is 41.5 Å². The van der Waals surface area contributed by atoms with E-state index in [2.05, 4.69) is 21.3 Å². The second-order valence-corrected chi connectivity index (χ2v) is 19.8. The lowest BCUT2D eigenvalue weighted by Crippen LogP contribution is -2.45. The van der Waals surface area contributed by atoms with Crippen molar-refractivity contribution in [1.29, 1.82) is 0 Å². The van der Waals surface area contributed by atoms with Gasteiger partial charge in [0.25, 0.3) is 0 Å². The molecule has 0 saturated carbocycles. The van der Waals surface area contributed by atoms with Crippen LogP contribution >= 0.6 is 0 Å². The van der Waals surface area contributed by atoms with Gasteiger partial charge in [-0.2, -0.15) is 0 Å². The topological polar surface area (TPSA) is 285 Å². The molecule has 0 spiro atoms. The van der Waals surface area contributed by atoms with Crippen molar-refractivity contribution in [2.75, 3.05) is 19.6 Å². The number of nitrogens with zero attached hydrogens (tertiary/aromatic N) is 1. The van der Waals surface area contributed by atoms with E-state index in [0.29, 0.717) is 57.5 Å². The van der Waals surface area contributed by atoms with Gasteiger partial charge in [-0.1, -0.05) is 60.8 Å². The second kappa shape index (κ2) is 29.8. The number of primary amides is 1. The van der Waals surface area contributed by atoms with Crippen LogP contribution in [0, 0.1) is 35.5 Å². The quantitative estimate of drug-likeness (QED) is 0.0505. The number of rotatable bonds is 34. The number of nitrogens with two attached hydrogens (primary N) is 1. The number of carbonyl (C=O) groups excluding carboxylic acids is 10. The van der Waals surface area contributed by atoms with Gasteiger partial charge < -0.3 is 37.0 Å². The molecule has 0 bridgehead atoms. The van der Waals surface area contributed by atoms with E-state index in [0.717, 1.165) is 12.8 Å². The minimum Gasteiger partial charge on any atom is -0.481 e. The zero-order valence-corrected chi connectivity index (χ0v) is 41.1. The van der Waals surface area contributed by atoms with E-state index in [1.54, 1.807) is 0 Å². The Morgan fingerprint density at radius 3 is 1.97 bits per heavy atom. The van der Waals surface area contributed by atoms with Crippen molar-refractivity contribution in [3.8, 4) is 0 Å². The van der Waals surface area contributed by atoms with Gasteiger partial charge >= 0.3 is 5.97 Å². The molecule has 2 fully saturated rings. The minimum absolute atomic E-state index is 0.0157. The number of hydrogen-bond acceptors (Lipinski definition) is 12.